The van der Waals surface area contributed by atoms with E-state index in [1.807, 2.05) is 18.2 Å². The van der Waals surface area contributed by atoms with E-state index in [9.17, 15) is 13.2 Å². The SMILES string of the molecule is N[C@@H](CCCCCNc1ccccn1)c1cccc(C(F)(F)F)c1. The molecule has 0 saturated heterocycles. The molecule has 6 heteroatoms. The maximum atomic E-state index is 12.7. The molecule has 0 spiro atoms. The van der Waals surface area contributed by atoms with E-state index in [2.05, 4.69) is 10.3 Å². The summed E-state index contributed by atoms with van der Waals surface area (Å²) in [7, 11) is 0. The third kappa shape index (κ3) is 5.85. The fourth-order valence-corrected chi connectivity index (χ4v) is 2.46. The Morgan fingerprint density at radius 2 is 1.88 bits per heavy atom. The van der Waals surface area contributed by atoms with E-state index in [-0.39, 0.29) is 6.04 Å². The van der Waals surface area contributed by atoms with Gasteiger partial charge in [0.05, 0.1) is 5.56 Å². The molecule has 0 radical (unpaired) electrons. The van der Waals surface area contributed by atoms with Gasteiger partial charge in [0.2, 0.25) is 0 Å². The van der Waals surface area contributed by atoms with Crippen molar-refractivity contribution in [2.75, 3.05) is 11.9 Å². The fourth-order valence-electron chi connectivity index (χ4n) is 2.46. The molecule has 3 N–H and O–H groups in total. The van der Waals surface area contributed by atoms with Gasteiger partial charge in [0.25, 0.3) is 0 Å². The van der Waals surface area contributed by atoms with Gasteiger partial charge in [0.1, 0.15) is 5.82 Å². The van der Waals surface area contributed by atoms with Crippen LogP contribution in [0.15, 0.2) is 48.7 Å². The summed E-state index contributed by atoms with van der Waals surface area (Å²) in [5.74, 6) is 0.846. The van der Waals surface area contributed by atoms with Crippen LogP contribution in [0, 0.1) is 0 Å². The van der Waals surface area contributed by atoms with Crippen LogP contribution in [0.3, 0.4) is 0 Å². The van der Waals surface area contributed by atoms with Gasteiger partial charge in [-0.1, -0.05) is 31.0 Å². The molecule has 1 atom stereocenters. The molecule has 3 nitrogen and oxygen atoms in total. The molecular formula is C18H22F3N3. The van der Waals surface area contributed by atoms with Gasteiger partial charge in [0, 0.05) is 18.8 Å². The summed E-state index contributed by atoms with van der Waals surface area (Å²) in [5, 5.41) is 3.22. The first-order chi connectivity index (χ1) is 11.5. The number of hydrogen-bond donors (Lipinski definition) is 2. The van der Waals surface area contributed by atoms with Crippen molar-refractivity contribution >= 4 is 5.82 Å². The lowest BCUT2D eigenvalue weighted by Gasteiger charge is -2.14. The molecule has 0 aliphatic rings. The van der Waals surface area contributed by atoms with Crippen molar-refractivity contribution in [1.82, 2.24) is 4.98 Å². The number of nitrogens with two attached hydrogens (primary N) is 1. The van der Waals surface area contributed by atoms with Crippen LogP contribution in [0.2, 0.25) is 0 Å². The minimum atomic E-state index is -4.33. The Hall–Kier alpha value is -2.08. The van der Waals surface area contributed by atoms with Crippen molar-refractivity contribution in [3.63, 3.8) is 0 Å². The van der Waals surface area contributed by atoms with Gasteiger partial charge in [-0.2, -0.15) is 13.2 Å². The number of anilines is 1. The lowest BCUT2D eigenvalue weighted by molar-refractivity contribution is -0.137. The molecule has 1 aromatic carbocycles. The smallest absolute Gasteiger partial charge is 0.370 e. The Bertz CT molecular complexity index is 614. The Labute approximate surface area is 140 Å². The van der Waals surface area contributed by atoms with E-state index >= 15 is 0 Å². The Morgan fingerprint density at radius 3 is 2.58 bits per heavy atom. The van der Waals surface area contributed by atoms with Gasteiger partial charge < -0.3 is 11.1 Å². The monoisotopic (exact) mass is 337 g/mol. The Morgan fingerprint density at radius 1 is 1.04 bits per heavy atom. The molecule has 130 valence electrons. The lowest BCUT2D eigenvalue weighted by Crippen LogP contribution is -2.12. The summed E-state index contributed by atoms with van der Waals surface area (Å²) in [4.78, 5) is 4.17. The molecule has 2 aromatic rings. The highest BCUT2D eigenvalue weighted by Crippen LogP contribution is 2.31. The Kier molecular flexibility index (Phi) is 6.61. The number of unbranched alkanes of at least 4 members (excludes halogenated alkanes) is 2. The molecule has 0 saturated carbocycles. The van der Waals surface area contributed by atoms with Gasteiger partial charge in [-0.3, -0.25) is 0 Å². The molecule has 0 amide bonds. The minimum Gasteiger partial charge on any atom is -0.370 e. The van der Waals surface area contributed by atoms with Crippen molar-refractivity contribution in [3.8, 4) is 0 Å². The van der Waals surface area contributed by atoms with Crippen LogP contribution in [0.5, 0.6) is 0 Å². The normalized spacial score (nSPS) is 12.8. The maximum Gasteiger partial charge on any atom is 0.416 e. The average molecular weight is 337 g/mol. The largest absolute Gasteiger partial charge is 0.416 e. The van der Waals surface area contributed by atoms with E-state index < -0.39 is 11.7 Å². The topological polar surface area (TPSA) is 50.9 Å². The second kappa shape index (κ2) is 8.68. The number of pyridine rings is 1. The van der Waals surface area contributed by atoms with Crippen LogP contribution in [0.4, 0.5) is 19.0 Å². The summed E-state index contributed by atoms with van der Waals surface area (Å²) in [6.07, 6.45) is 0.883. The first-order valence-electron chi connectivity index (χ1n) is 8.04. The van der Waals surface area contributed by atoms with E-state index in [1.165, 1.54) is 6.07 Å². The van der Waals surface area contributed by atoms with Gasteiger partial charge >= 0.3 is 6.18 Å². The van der Waals surface area contributed by atoms with Crippen molar-refractivity contribution < 1.29 is 13.2 Å². The zero-order valence-corrected chi connectivity index (χ0v) is 13.4. The molecule has 2 rings (SSSR count). The zero-order chi connectivity index (χ0) is 17.4. The number of aromatic nitrogens is 1. The van der Waals surface area contributed by atoms with E-state index in [0.29, 0.717) is 12.0 Å². The van der Waals surface area contributed by atoms with E-state index in [1.54, 1.807) is 12.3 Å². The predicted molar refractivity (Wildman–Crippen MR) is 89.6 cm³/mol. The molecule has 1 heterocycles. The van der Waals surface area contributed by atoms with Crippen LogP contribution in [0.25, 0.3) is 0 Å². The zero-order valence-electron chi connectivity index (χ0n) is 13.4. The summed E-state index contributed by atoms with van der Waals surface area (Å²) >= 11 is 0. The van der Waals surface area contributed by atoms with Crippen LogP contribution >= 0.6 is 0 Å². The van der Waals surface area contributed by atoms with E-state index in [0.717, 1.165) is 43.8 Å². The number of nitrogens with zero attached hydrogens (tertiary/aromatic N) is 1. The number of alkyl halides is 3. The summed E-state index contributed by atoms with van der Waals surface area (Å²) in [6, 6.07) is 10.6. The highest BCUT2D eigenvalue weighted by atomic mass is 19.4. The summed E-state index contributed by atoms with van der Waals surface area (Å²) < 4.78 is 38.1. The second-order valence-corrected chi connectivity index (χ2v) is 5.72. The highest BCUT2D eigenvalue weighted by Gasteiger charge is 2.30. The maximum absolute atomic E-state index is 12.7. The quantitative estimate of drug-likeness (QED) is 0.682. The van der Waals surface area contributed by atoms with Crippen molar-refractivity contribution in [1.29, 1.82) is 0 Å². The van der Waals surface area contributed by atoms with Crippen LogP contribution in [-0.2, 0) is 6.18 Å². The average Bonchev–Trinajstić information content (AvgIpc) is 2.58. The Balaban J connectivity index is 1.69. The third-order valence-corrected chi connectivity index (χ3v) is 3.81. The lowest BCUT2D eigenvalue weighted by atomic mass is 9.99. The molecule has 24 heavy (non-hydrogen) atoms. The molecule has 0 unspecified atom stereocenters. The van der Waals surface area contributed by atoms with Crippen LogP contribution < -0.4 is 11.1 Å². The first kappa shape index (κ1) is 18.3. The van der Waals surface area contributed by atoms with Crippen LogP contribution in [-0.4, -0.2) is 11.5 Å². The molecule has 0 aliphatic heterocycles. The summed E-state index contributed by atoms with van der Waals surface area (Å²) in [6.45, 7) is 0.815. The molecule has 0 fully saturated rings. The number of halogens is 3. The minimum absolute atomic E-state index is 0.365. The molecule has 1 aromatic heterocycles. The predicted octanol–water partition coefficient (Wildman–Crippen LogP) is 4.77. The number of hydrogen-bond acceptors (Lipinski definition) is 3. The third-order valence-electron chi connectivity index (χ3n) is 3.81. The number of benzene rings is 1. The highest BCUT2D eigenvalue weighted by molar-refractivity contribution is 5.32. The van der Waals surface area contributed by atoms with Crippen LogP contribution in [0.1, 0.15) is 42.9 Å². The second-order valence-electron chi connectivity index (χ2n) is 5.72. The van der Waals surface area contributed by atoms with Gasteiger partial charge in [0.15, 0.2) is 0 Å². The van der Waals surface area contributed by atoms with Crippen molar-refractivity contribution in [2.24, 2.45) is 5.73 Å². The first-order valence-corrected chi connectivity index (χ1v) is 8.04. The van der Waals surface area contributed by atoms with Gasteiger partial charge in [-0.05, 0) is 42.7 Å². The van der Waals surface area contributed by atoms with Gasteiger partial charge in [-0.15, -0.1) is 0 Å². The van der Waals surface area contributed by atoms with Gasteiger partial charge in [-0.25, -0.2) is 4.98 Å². The van der Waals surface area contributed by atoms with Crippen molar-refractivity contribution in [2.45, 2.75) is 37.9 Å². The standard InChI is InChI=1S/C18H22F3N3/c19-18(20,21)15-8-6-7-14(13-15)16(22)9-2-1-4-11-23-17-10-3-5-12-24-17/h3,5-8,10,12-13,16H,1-2,4,9,11,22H2,(H,23,24)/t16-/m0/s1. The van der Waals surface area contributed by atoms with E-state index in [4.69, 9.17) is 5.73 Å². The summed E-state index contributed by atoms with van der Waals surface area (Å²) in [5.41, 5.74) is 5.91. The fraction of sp³-hybridized carbons (Fsp3) is 0.389. The van der Waals surface area contributed by atoms with Crippen molar-refractivity contribution in [3.05, 3.63) is 59.8 Å². The molecule has 0 bridgehead atoms. The molecule has 0 aliphatic carbocycles. The number of rotatable bonds is 8. The number of nitrogens with one attached hydrogen (secondary N) is 1. The molecular weight excluding hydrogens is 315 g/mol.